The van der Waals surface area contributed by atoms with E-state index in [0.29, 0.717) is 6.42 Å². The molecule has 0 spiro atoms. The SMILES string of the molecule is C=CC(=O)OC(C)O.C=CC(=O)OC(O)CC. The van der Waals surface area contributed by atoms with Crippen molar-refractivity contribution in [2.45, 2.75) is 32.8 Å². The first-order valence-corrected chi connectivity index (χ1v) is 4.89. The van der Waals surface area contributed by atoms with Crippen molar-refractivity contribution in [3.05, 3.63) is 25.3 Å². The summed E-state index contributed by atoms with van der Waals surface area (Å²) in [6.45, 7) is 9.35. The second-order valence-electron chi connectivity index (χ2n) is 2.74. The summed E-state index contributed by atoms with van der Waals surface area (Å²) in [5.74, 6) is -1.20. The van der Waals surface area contributed by atoms with Gasteiger partial charge in [0.2, 0.25) is 6.29 Å². The van der Waals surface area contributed by atoms with E-state index >= 15 is 0 Å². The minimum atomic E-state index is -1.04. The lowest BCUT2D eigenvalue weighted by molar-refractivity contribution is -0.162. The van der Waals surface area contributed by atoms with E-state index in [4.69, 9.17) is 10.2 Å². The third-order valence-electron chi connectivity index (χ3n) is 1.22. The van der Waals surface area contributed by atoms with Gasteiger partial charge in [-0.3, -0.25) is 0 Å². The number of esters is 2. The quantitative estimate of drug-likeness (QED) is 0.417. The van der Waals surface area contributed by atoms with Gasteiger partial charge in [0.1, 0.15) is 0 Å². The monoisotopic (exact) mass is 246 g/mol. The van der Waals surface area contributed by atoms with Gasteiger partial charge in [0.05, 0.1) is 0 Å². The minimum absolute atomic E-state index is 0.402. The fraction of sp³-hybridized carbons (Fsp3) is 0.455. The molecule has 2 N–H and O–H groups in total. The lowest BCUT2D eigenvalue weighted by Crippen LogP contribution is -2.14. The number of carbonyl (C=O) groups is 2. The highest BCUT2D eigenvalue weighted by molar-refractivity contribution is 5.81. The predicted molar refractivity (Wildman–Crippen MR) is 60.6 cm³/mol. The van der Waals surface area contributed by atoms with Crippen molar-refractivity contribution in [1.82, 2.24) is 0 Å². The maximum atomic E-state index is 10.3. The van der Waals surface area contributed by atoms with E-state index in [2.05, 4.69) is 22.6 Å². The molecule has 98 valence electrons. The van der Waals surface area contributed by atoms with Crippen LogP contribution in [0.15, 0.2) is 25.3 Å². The first-order valence-electron chi connectivity index (χ1n) is 4.89. The molecule has 6 nitrogen and oxygen atoms in total. The highest BCUT2D eigenvalue weighted by Gasteiger charge is 2.02. The molecular weight excluding hydrogens is 228 g/mol. The van der Waals surface area contributed by atoms with Crippen LogP contribution >= 0.6 is 0 Å². The van der Waals surface area contributed by atoms with Gasteiger partial charge >= 0.3 is 11.9 Å². The van der Waals surface area contributed by atoms with E-state index in [1.165, 1.54) is 6.92 Å². The molecule has 0 aliphatic heterocycles. The molecule has 0 aromatic rings. The van der Waals surface area contributed by atoms with Gasteiger partial charge in [0.25, 0.3) is 0 Å². The number of hydrogen-bond donors (Lipinski definition) is 2. The Morgan fingerprint density at radius 2 is 1.59 bits per heavy atom. The average Bonchev–Trinajstić information content (AvgIpc) is 2.28. The molecule has 0 rings (SSSR count). The Hall–Kier alpha value is -1.66. The summed E-state index contributed by atoms with van der Waals surface area (Å²) < 4.78 is 8.55. The molecule has 0 heterocycles. The maximum absolute atomic E-state index is 10.3. The smallest absolute Gasteiger partial charge is 0.332 e. The van der Waals surface area contributed by atoms with Crippen LogP contribution in [0, 0.1) is 0 Å². The Labute approximate surface area is 100 Å². The van der Waals surface area contributed by atoms with Crippen molar-refractivity contribution in [2.24, 2.45) is 0 Å². The molecule has 0 saturated heterocycles. The van der Waals surface area contributed by atoms with Crippen LogP contribution < -0.4 is 0 Å². The standard InChI is InChI=1S/C6H10O3.C5H8O3/c1-3-5(7)9-6(8)4-2;1-3-5(7)8-4(2)6/h3,6,8H,1,4H2,2H3;3-4,6H,1H2,2H3. The summed E-state index contributed by atoms with van der Waals surface area (Å²) in [6, 6.07) is 0. The third kappa shape index (κ3) is 14.3. The fourth-order valence-corrected chi connectivity index (χ4v) is 0.482. The van der Waals surface area contributed by atoms with Gasteiger partial charge in [-0.15, -0.1) is 0 Å². The van der Waals surface area contributed by atoms with Crippen LogP contribution in [0.5, 0.6) is 0 Å². The van der Waals surface area contributed by atoms with Gasteiger partial charge in [-0.2, -0.15) is 0 Å². The molecule has 0 aliphatic carbocycles. The lowest BCUT2D eigenvalue weighted by atomic mass is 10.5. The molecular formula is C11H18O6. The summed E-state index contributed by atoms with van der Waals surface area (Å²) in [5.41, 5.74) is 0. The highest BCUT2D eigenvalue weighted by Crippen LogP contribution is 1.92. The second-order valence-corrected chi connectivity index (χ2v) is 2.74. The Morgan fingerprint density at radius 3 is 1.82 bits per heavy atom. The van der Waals surface area contributed by atoms with Gasteiger partial charge in [-0.25, -0.2) is 9.59 Å². The van der Waals surface area contributed by atoms with Gasteiger partial charge in [-0.05, 0) is 6.92 Å². The molecule has 0 amide bonds. The molecule has 17 heavy (non-hydrogen) atoms. The van der Waals surface area contributed by atoms with Crippen LogP contribution in [-0.4, -0.2) is 34.7 Å². The molecule has 0 bridgehead atoms. The molecule has 0 fully saturated rings. The molecule has 6 heteroatoms. The Kier molecular flexibility index (Phi) is 11.3. The Bertz CT molecular complexity index is 259. The van der Waals surface area contributed by atoms with E-state index in [9.17, 15) is 9.59 Å². The van der Waals surface area contributed by atoms with Crippen molar-refractivity contribution in [3.63, 3.8) is 0 Å². The first kappa shape index (κ1) is 17.7. The summed E-state index contributed by atoms with van der Waals surface area (Å²) >= 11 is 0. The van der Waals surface area contributed by atoms with Crippen LogP contribution in [0.4, 0.5) is 0 Å². The van der Waals surface area contributed by atoms with E-state index in [1.807, 2.05) is 0 Å². The van der Waals surface area contributed by atoms with Gasteiger partial charge in [-0.1, -0.05) is 20.1 Å². The summed E-state index contributed by atoms with van der Waals surface area (Å²) in [7, 11) is 0. The molecule has 0 aromatic carbocycles. The zero-order valence-corrected chi connectivity index (χ0v) is 9.96. The minimum Gasteiger partial charge on any atom is -0.433 e. The van der Waals surface area contributed by atoms with E-state index in [1.54, 1.807) is 6.92 Å². The van der Waals surface area contributed by atoms with E-state index < -0.39 is 24.5 Å². The Balaban J connectivity index is 0. The Morgan fingerprint density at radius 1 is 1.18 bits per heavy atom. The van der Waals surface area contributed by atoms with Crippen LogP contribution in [-0.2, 0) is 19.1 Å². The number of carbonyl (C=O) groups excluding carboxylic acids is 2. The van der Waals surface area contributed by atoms with Crippen molar-refractivity contribution < 1.29 is 29.3 Å². The highest BCUT2D eigenvalue weighted by atomic mass is 16.6. The zero-order chi connectivity index (χ0) is 13.8. The summed E-state index contributed by atoms with van der Waals surface area (Å²) in [6.07, 6.45) is 0.376. The topological polar surface area (TPSA) is 93.1 Å². The molecule has 2 atom stereocenters. The van der Waals surface area contributed by atoms with Crippen molar-refractivity contribution >= 4 is 11.9 Å². The molecule has 0 aromatic heterocycles. The van der Waals surface area contributed by atoms with E-state index in [0.717, 1.165) is 12.2 Å². The maximum Gasteiger partial charge on any atom is 0.332 e. The summed E-state index contributed by atoms with van der Waals surface area (Å²) in [4.78, 5) is 20.4. The average molecular weight is 246 g/mol. The first-order chi connectivity index (χ1) is 7.87. The van der Waals surface area contributed by atoms with Crippen LogP contribution in [0.3, 0.4) is 0 Å². The van der Waals surface area contributed by atoms with Gasteiger partial charge in [0.15, 0.2) is 6.29 Å². The van der Waals surface area contributed by atoms with Crippen molar-refractivity contribution in [1.29, 1.82) is 0 Å². The van der Waals surface area contributed by atoms with E-state index in [-0.39, 0.29) is 0 Å². The van der Waals surface area contributed by atoms with Crippen molar-refractivity contribution in [3.8, 4) is 0 Å². The number of aliphatic hydroxyl groups excluding tert-OH is 2. The van der Waals surface area contributed by atoms with Crippen LogP contribution in [0.1, 0.15) is 20.3 Å². The number of rotatable bonds is 5. The zero-order valence-electron chi connectivity index (χ0n) is 9.96. The number of aliphatic hydroxyl groups is 2. The van der Waals surface area contributed by atoms with Gasteiger partial charge in [0, 0.05) is 18.6 Å². The van der Waals surface area contributed by atoms with Crippen molar-refractivity contribution in [2.75, 3.05) is 0 Å². The molecule has 0 radical (unpaired) electrons. The normalized spacial score (nSPS) is 12.2. The second kappa shape index (κ2) is 10.8. The molecule has 2 unspecified atom stereocenters. The predicted octanol–water partition coefficient (Wildman–Crippen LogP) is 0.498. The lowest BCUT2D eigenvalue weighted by Gasteiger charge is -2.05. The summed E-state index contributed by atoms with van der Waals surface area (Å²) in [5, 5.41) is 17.0. The third-order valence-corrected chi connectivity index (χ3v) is 1.22. The number of ether oxygens (including phenoxy) is 2. The van der Waals surface area contributed by atoms with Gasteiger partial charge < -0.3 is 19.7 Å². The van der Waals surface area contributed by atoms with Crippen LogP contribution in [0.25, 0.3) is 0 Å². The fourth-order valence-electron chi connectivity index (χ4n) is 0.482. The van der Waals surface area contributed by atoms with Crippen LogP contribution in [0.2, 0.25) is 0 Å². The largest absolute Gasteiger partial charge is 0.433 e. The number of hydrogen-bond acceptors (Lipinski definition) is 6. The molecule has 0 saturated carbocycles. The molecule has 0 aliphatic rings.